The van der Waals surface area contributed by atoms with Gasteiger partial charge in [0.25, 0.3) is 0 Å². The average molecular weight is 223 g/mol. The number of fused-ring (bicyclic) bond motifs is 1. The largest absolute Gasteiger partial charge is 0.0876 e. The number of allylic oxidation sites excluding steroid dienone is 1. The van der Waals surface area contributed by atoms with E-state index in [2.05, 4.69) is 47.1 Å². The second-order valence-electron chi connectivity index (χ2n) is 3.17. The van der Waals surface area contributed by atoms with E-state index in [1.54, 1.807) is 0 Å². The third kappa shape index (κ3) is 1.13. The third-order valence-corrected chi connectivity index (χ3v) is 3.04. The lowest BCUT2D eigenvalue weighted by atomic mass is 10.00. The standard InChI is InChI=1S/C11H11Br/c1-8-5-6-9(7-12)11-4-2-3-10(8)11/h2,4-6H,3,7H2,1H3. The van der Waals surface area contributed by atoms with E-state index in [9.17, 15) is 0 Å². The zero-order valence-corrected chi connectivity index (χ0v) is 8.69. The molecular formula is C11H11Br. The van der Waals surface area contributed by atoms with Crippen molar-refractivity contribution in [2.24, 2.45) is 0 Å². The van der Waals surface area contributed by atoms with E-state index >= 15 is 0 Å². The molecule has 1 aromatic carbocycles. The van der Waals surface area contributed by atoms with Gasteiger partial charge in [0, 0.05) is 5.33 Å². The Hall–Kier alpha value is -0.560. The lowest BCUT2D eigenvalue weighted by molar-refractivity contribution is 1.22. The molecule has 0 amide bonds. The molecule has 1 aromatic rings. The SMILES string of the molecule is Cc1ccc(CBr)c2c1CC=C2. The molecule has 0 nitrogen and oxygen atoms in total. The summed E-state index contributed by atoms with van der Waals surface area (Å²) in [7, 11) is 0. The summed E-state index contributed by atoms with van der Waals surface area (Å²) in [6.45, 7) is 2.18. The average Bonchev–Trinajstić information content (AvgIpc) is 2.54. The molecule has 0 fully saturated rings. The van der Waals surface area contributed by atoms with Crippen molar-refractivity contribution in [1.29, 1.82) is 0 Å². The van der Waals surface area contributed by atoms with Gasteiger partial charge in [-0.25, -0.2) is 0 Å². The van der Waals surface area contributed by atoms with Crippen molar-refractivity contribution in [3.05, 3.63) is 40.5 Å². The highest BCUT2D eigenvalue weighted by molar-refractivity contribution is 9.08. The fraction of sp³-hybridized carbons (Fsp3) is 0.273. The lowest BCUT2D eigenvalue weighted by Gasteiger charge is -2.07. The highest BCUT2D eigenvalue weighted by Gasteiger charge is 2.10. The van der Waals surface area contributed by atoms with Crippen LogP contribution < -0.4 is 0 Å². The Kier molecular flexibility index (Phi) is 2.05. The summed E-state index contributed by atoms with van der Waals surface area (Å²) in [6, 6.07) is 4.42. The van der Waals surface area contributed by atoms with E-state index < -0.39 is 0 Å². The number of hydrogen-bond acceptors (Lipinski definition) is 0. The maximum absolute atomic E-state index is 3.50. The fourth-order valence-corrected chi connectivity index (χ4v) is 2.20. The minimum atomic E-state index is 0.958. The molecule has 12 heavy (non-hydrogen) atoms. The third-order valence-electron chi connectivity index (χ3n) is 2.43. The number of rotatable bonds is 1. The first-order chi connectivity index (χ1) is 5.83. The molecule has 0 unspecified atom stereocenters. The molecule has 0 radical (unpaired) electrons. The molecule has 0 spiro atoms. The summed E-state index contributed by atoms with van der Waals surface area (Å²) in [5.41, 5.74) is 5.77. The first-order valence-electron chi connectivity index (χ1n) is 4.17. The van der Waals surface area contributed by atoms with E-state index in [1.807, 2.05) is 0 Å². The first kappa shape index (κ1) is 8.06. The van der Waals surface area contributed by atoms with Crippen molar-refractivity contribution in [2.75, 3.05) is 0 Å². The Bertz CT molecular complexity index is 337. The molecule has 0 heterocycles. The molecule has 1 aliphatic rings. The Labute approximate surface area is 81.4 Å². The smallest absolute Gasteiger partial charge is 0.0289 e. The number of halogens is 1. The first-order valence-corrected chi connectivity index (χ1v) is 5.29. The summed E-state index contributed by atoms with van der Waals surface area (Å²) in [5.74, 6) is 0. The van der Waals surface area contributed by atoms with Gasteiger partial charge >= 0.3 is 0 Å². The van der Waals surface area contributed by atoms with Crippen molar-refractivity contribution < 1.29 is 0 Å². The molecule has 0 saturated heterocycles. The normalized spacial score (nSPS) is 13.5. The molecule has 0 N–H and O–H groups in total. The Morgan fingerprint density at radius 1 is 1.42 bits per heavy atom. The van der Waals surface area contributed by atoms with Gasteiger partial charge in [0.05, 0.1) is 0 Å². The minimum absolute atomic E-state index is 0.958. The van der Waals surface area contributed by atoms with E-state index in [0.29, 0.717) is 0 Å². The fourth-order valence-electron chi connectivity index (χ4n) is 1.71. The second-order valence-corrected chi connectivity index (χ2v) is 3.73. The van der Waals surface area contributed by atoms with Gasteiger partial charge in [0.15, 0.2) is 0 Å². The molecule has 62 valence electrons. The van der Waals surface area contributed by atoms with Crippen LogP contribution in [0.3, 0.4) is 0 Å². The maximum Gasteiger partial charge on any atom is 0.0289 e. The van der Waals surface area contributed by atoms with Crippen LogP contribution in [-0.4, -0.2) is 0 Å². The molecule has 0 saturated carbocycles. The van der Waals surface area contributed by atoms with E-state index in [-0.39, 0.29) is 0 Å². The van der Waals surface area contributed by atoms with Gasteiger partial charge in [-0.1, -0.05) is 40.2 Å². The zero-order chi connectivity index (χ0) is 8.55. The van der Waals surface area contributed by atoms with E-state index in [4.69, 9.17) is 0 Å². The highest BCUT2D eigenvalue weighted by atomic mass is 79.9. The number of hydrogen-bond donors (Lipinski definition) is 0. The van der Waals surface area contributed by atoms with Crippen molar-refractivity contribution in [3.8, 4) is 0 Å². The minimum Gasteiger partial charge on any atom is -0.0876 e. The van der Waals surface area contributed by atoms with Gasteiger partial charge in [-0.2, -0.15) is 0 Å². The summed E-state index contributed by atoms with van der Waals surface area (Å²) >= 11 is 3.50. The number of alkyl halides is 1. The molecule has 0 aromatic heterocycles. The Morgan fingerprint density at radius 2 is 2.25 bits per heavy atom. The van der Waals surface area contributed by atoms with Crippen LogP contribution in [0.25, 0.3) is 6.08 Å². The van der Waals surface area contributed by atoms with Crippen molar-refractivity contribution >= 4 is 22.0 Å². The van der Waals surface area contributed by atoms with Crippen LogP contribution in [0.15, 0.2) is 18.2 Å². The summed E-state index contributed by atoms with van der Waals surface area (Å²) in [4.78, 5) is 0. The maximum atomic E-state index is 3.50. The van der Waals surface area contributed by atoms with Crippen molar-refractivity contribution in [1.82, 2.24) is 0 Å². The van der Waals surface area contributed by atoms with Crippen LogP contribution in [-0.2, 0) is 11.8 Å². The van der Waals surface area contributed by atoms with E-state index in [0.717, 1.165) is 11.8 Å². The molecule has 0 atom stereocenters. The number of aryl methyl sites for hydroxylation is 1. The molecule has 2 rings (SSSR count). The predicted octanol–water partition coefficient (Wildman–Crippen LogP) is 3.46. The Balaban J connectivity index is 2.62. The van der Waals surface area contributed by atoms with Gasteiger partial charge in [-0.3, -0.25) is 0 Å². The van der Waals surface area contributed by atoms with Gasteiger partial charge in [0.2, 0.25) is 0 Å². The van der Waals surface area contributed by atoms with Crippen LogP contribution in [0.2, 0.25) is 0 Å². The van der Waals surface area contributed by atoms with Crippen molar-refractivity contribution in [2.45, 2.75) is 18.7 Å². The summed E-state index contributed by atoms with van der Waals surface area (Å²) in [5, 5.41) is 0.958. The van der Waals surface area contributed by atoms with Gasteiger partial charge in [-0.15, -0.1) is 0 Å². The van der Waals surface area contributed by atoms with Crippen LogP contribution in [0.4, 0.5) is 0 Å². The molecular weight excluding hydrogens is 212 g/mol. The van der Waals surface area contributed by atoms with Gasteiger partial charge in [-0.05, 0) is 35.6 Å². The lowest BCUT2D eigenvalue weighted by Crippen LogP contribution is -1.91. The van der Waals surface area contributed by atoms with Crippen LogP contribution in [0.5, 0.6) is 0 Å². The molecule has 0 aliphatic heterocycles. The van der Waals surface area contributed by atoms with Crippen LogP contribution in [0, 0.1) is 6.92 Å². The monoisotopic (exact) mass is 222 g/mol. The summed E-state index contributed by atoms with van der Waals surface area (Å²) < 4.78 is 0. The van der Waals surface area contributed by atoms with E-state index in [1.165, 1.54) is 22.3 Å². The highest BCUT2D eigenvalue weighted by Crippen LogP contribution is 2.27. The second kappa shape index (κ2) is 3.06. The Morgan fingerprint density at radius 3 is 3.00 bits per heavy atom. The predicted molar refractivity (Wildman–Crippen MR) is 56.5 cm³/mol. The van der Waals surface area contributed by atoms with Gasteiger partial charge in [0.1, 0.15) is 0 Å². The molecule has 0 bridgehead atoms. The quantitative estimate of drug-likeness (QED) is 0.639. The van der Waals surface area contributed by atoms with Crippen molar-refractivity contribution in [3.63, 3.8) is 0 Å². The summed E-state index contributed by atoms with van der Waals surface area (Å²) in [6.07, 6.45) is 5.59. The zero-order valence-electron chi connectivity index (χ0n) is 7.10. The van der Waals surface area contributed by atoms with Crippen LogP contribution in [0.1, 0.15) is 22.3 Å². The van der Waals surface area contributed by atoms with Crippen LogP contribution >= 0.6 is 15.9 Å². The molecule has 1 aliphatic carbocycles. The number of benzene rings is 1. The topological polar surface area (TPSA) is 0 Å². The molecule has 1 heteroatoms. The van der Waals surface area contributed by atoms with Gasteiger partial charge < -0.3 is 0 Å².